The molecule has 146 valence electrons. The first-order valence-corrected chi connectivity index (χ1v) is 9.34. The van der Waals surface area contributed by atoms with Crippen LogP contribution in [0.15, 0.2) is 36.7 Å². The normalized spacial score (nSPS) is 11.3. The third-order valence-corrected chi connectivity index (χ3v) is 5.00. The number of ether oxygens (including phenoxy) is 1. The number of hydrogen-bond acceptors (Lipinski definition) is 8. The molecule has 0 aliphatic carbocycles. The van der Waals surface area contributed by atoms with Gasteiger partial charge in [0.2, 0.25) is 11.8 Å². The summed E-state index contributed by atoms with van der Waals surface area (Å²) in [5.74, 6) is 0.00730. The second-order valence-electron chi connectivity index (χ2n) is 6.77. The second-order valence-corrected chi connectivity index (χ2v) is 7.81. The minimum absolute atomic E-state index is 0.250. The zero-order chi connectivity index (χ0) is 20.3. The topological polar surface area (TPSA) is 123 Å². The molecule has 28 heavy (non-hydrogen) atoms. The van der Waals surface area contributed by atoms with E-state index in [-0.39, 0.29) is 12.5 Å². The van der Waals surface area contributed by atoms with Gasteiger partial charge in [-0.3, -0.25) is 4.79 Å². The van der Waals surface area contributed by atoms with E-state index in [2.05, 4.69) is 20.3 Å². The first kappa shape index (κ1) is 19.7. The Labute approximate surface area is 166 Å². The lowest BCUT2D eigenvalue weighted by Gasteiger charge is -2.12. The first-order chi connectivity index (χ1) is 13.2. The van der Waals surface area contributed by atoms with Crippen molar-refractivity contribution in [3.63, 3.8) is 0 Å². The van der Waals surface area contributed by atoms with Crippen LogP contribution in [0.25, 0.3) is 10.4 Å². The van der Waals surface area contributed by atoms with Crippen molar-refractivity contribution in [1.29, 1.82) is 0 Å². The number of carbonyl (C=O) groups excluding carboxylic acids is 1. The highest BCUT2D eigenvalue weighted by molar-refractivity contribution is 7.15. The maximum Gasteiger partial charge on any atom is 0.255 e. The van der Waals surface area contributed by atoms with Crippen LogP contribution < -0.4 is 15.8 Å². The highest BCUT2D eigenvalue weighted by Crippen LogP contribution is 2.33. The van der Waals surface area contributed by atoms with Crippen LogP contribution in [0.5, 0.6) is 5.88 Å². The van der Waals surface area contributed by atoms with Crippen LogP contribution in [-0.4, -0.2) is 32.6 Å². The summed E-state index contributed by atoms with van der Waals surface area (Å²) in [4.78, 5) is 24.5. The molecule has 8 nitrogen and oxygen atoms in total. The average Bonchev–Trinajstić information content (AvgIpc) is 3.10. The molecule has 9 heteroatoms. The number of benzene rings is 1. The maximum absolute atomic E-state index is 10.8. The Morgan fingerprint density at radius 3 is 2.79 bits per heavy atom. The van der Waals surface area contributed by atoms with Crippen molar-refractivity contribution >= 4 is 28.9 Å². The minimum Gasteiger partial charge on any atom is -0.467 e. The molecule has 1 aromatic carbocycles. The summed E-state index contributed by atoms with van der Waals surface area (Å²) in [5, 5.41) is 13.9. The van der Waals surface area contributed by atoms with Crippen LogP contribution in [0.2, 0.25) is 0 Å². The van der Waals surface area contributed by atoms with E-state index < -0.39 is 11.5 Å². The number of nitrogens with zero attached hydrogens (tertiary/aromatic N) is 3. The summed E-state index contributed by atoms with van der Waals surface area (Å²) < 4.78 is 5.20. The number of hydrogen-bond donors (Lipinski definition) is 3. The Kier molecular flexibility index (Phi) is 5.57. The Hall–Kier alpha value is -3.04. The number of aryl methyl sites for hydroxylation is 1. The number of carbonyl (C=O) groups is 1. The number of primary amides is 1. The standard InChI is InChI=1S/C19H21N5O3S/c1-11-6-12(14-9-22-17(28-14)19(2,3)26)8-13(7-11)23-18-21-5-4-16(24-18)27-10-15(20)25/h4-9,26H,10H2,1-3H3,(H2,20,25)(H,21,23,24). The zero-order valence-electron chi connectivity index (χ0n) is 15.8. The van der Waals surface area contributed by atoms with Crippen molar-refractivity contribution in [2.45, 2.75) is 26.4 Å². The van der Waals surface area contributed by atoms with Crippen LogP contribution in [0.1, 0.15) is 24.4 Å². The van der Waals surface area contributed by atoms with E-state index in [0.717, 1.165) is 21.7 Å². The van der Waals surface area contributed by atoms with Gasteiger partial charge in [-0.2, -0.15) is 4.98 Å². The molecule has 0 radical (unpaired) electrons. The summed E-state index contributed by atoms with van der Waals surface area (Å²) >= 11 is 1.44. The fraction of sp³-hybridized carbons (Fsp3) is 0.263. The van der Waals surface area contributed by atoms with Crippen molar-refractivity contribution in [2.75, 3.05) is 11.9 Å². The summed E-state index contributed by atoms with van der Waals surface area (Å²) in [6.07, 6.45) is 3.28. The molecule has 0 bridgehead atoms. The van der Waals surface area contributed by atoms with Crippen molar-refractivity contribution in [1.82, 2.24) is 15.0 Å². The lowest BCUT2D eigenvalue weighted by atomic mass is 10.1. The fourth-order valence-corrected chi connectivity index (χ4v) is 3.35. The molecule has 3 aromatic rings. The summed E-state index contributed by atoms with van der Waals surface area (Å²) in [6.45, 7) is 5.16. The summed E-state index contributed by atoms with van der Waals surface area (Å²) in [5.41, 5.74) is 6.90. The number of aliphatic hydroxyl groups is 1. The molecular weight excluding hydrogens is 378 g/mol. The van der Waals surface area contributed by atoms with Crippen LogP contribution in [0.4, 0.5) is 11.6 Å². The minimum atomic E-state index is -0.979. The smallest absolute Gasteiger partial charge is 0.255 e. The number of nitrogens with one attached hydrogen (secondary N) is 1. The van der Waals surface area contributed by atoms with Gasteiger partial charge in [-0.1, -0.05) is 6.07 Å². The highest BCUT2D eigenvalue weighted by atomic mass is 32.1. The SMILES string of the molecule is Cc1cc(Nc2nccc(OCC(N)=O)n2)cc(-c2cnc(C(C)(C)O)s2)c1. The maximum atomic E-state index is 10.8. The van der Waals surface area contributed by atoms with E-state index >= 15 is 0 Å². The number of amides is 1. The molecule has 2 heterocycles. The van der Waals surface area contributed by atoms with Crippen molar-refractivity contribution in [2.24, 2.45) is 5.73 Å². The van der Waals surface area contributed by atoms with Gasteiger partial charge in [0, 0.05) is 24.1 Å². The average molecular weight is 399 g/mol. The van der Waals surface area contributed by atoms with Gasteiger partial charge in [-0.25, -0.2) is 9.97 Å². The summed E-state index contributed by atoms with van der Waals surface area (Å²) in [6, 6.07) is 7.50. The predicted molar refractivity (Wildman–Crippen MR) is 108 cm³/mol. The van der Waals surface area contributed by atoms with Crippen molar-refractivity contribution in [3.8, 4) is 16.3 Å². The van der Waals surface area contributed by atoms with Crippen molar-refractivity contribution < 1.29 is 14.6 Å². The second kappa shape index (κ2) is 7.91. The molecule has 0 aliphatic rings. The number of rotatable bonds is 7. The van der Waals surface area contributed by atoms with E-state index in [1.807, 2.05) is 25.1 Å². The third kappa shape index (κ3) is 5.02. The summed E-state index contributed by atoms with van der Waals surface area (Å²) in [7, 11) is 0. The van der Waals surface area contributed by atoms with Gasteiger partial charge >= 0.3 is 0 Å². The molecule has 0 aliphatic heterocycles. The van der Waals surface area contributed by atoms with E-state index in [9.17, 15) is 9.90 Å². The highest BCUT2D eigenvalue weighted by Gasteiger charge is 2.20. The molecule has 4 N–H and O–H groups in total. The Morgan fingerprint density at radius 1 is 1.32 bits per heavy atom. The quantitative estimate of drug-likeness (QED) is 0.558. The van der Waals surface area contributed by atoms with Crippen LogP contribution in [0, 0.1) is 6.92 Å². The fourth-order valence-electron chi connectivity index (χ4n) is 2.44. The molecule has 2 aromatic heterocycles. The lowest BCUT2D eigenvalue weighted by molar-refractivity contribution is -0.120. The van der Waals surface area contributed by atoms with Gasteiger partial charge in [0.1, 0.15) is 10.6 Å². The third-order valence-electron chi connectivity index (χ3n) is 3.64. The van der Waals surface area contributed by atoms with Crippen LogP contribution in [-0.2, 0) is 10.4 Å². The van der Waals surface area contributed by atoms with E-state index in [1.165, 1.54) is 17.5 Å². The Balaban J connectivity index is 1.83. The van der Waals surface area contributed by atoms with Gasteiger partial charge < -0.3 is 20.9 Å². The van der Waals surface area contributed by atoms with E-state index in [0.29, 0.717) is 11.0 Å². The lowest BCUT2D eigenvalue weighted by Crippen LogP contribution is -2.20. The zero-order valence-corrected chi connectivity index (χ0v) is 16.6. The molecule has 0 saturated heterocycles. The predicted octanol–water partition coefficient (Wildman–Crippen LogP) is 2.74. The van der Waals surface area contributed by atoms with Gasteiger partial charge in [0.15, 0.2) is 6.61 Å². The Bertz CT molecular complexity index is 997. The molecule has 0 fully saturated rings. The van der Waals surface area contributed by atoms with Gasteiger partial charge in [-0.05, 0) is 44.0 Å². The number of aromatic nitrogens is 3. The van der Waals surface area contributed by atoms with Gasteiger partial charge in [0.05, 0.1) is 4.88 Å². The van der Waals surface area contributed by atoms with Gasteiger partial charge in [0.25, 0.3) is 5.91 Å². The monoisotopic (exact) mass is 399 g/mol. The molecule has 1 amide bonds. The molecular formula is C19H21N5O3S. The largest absolute Gasteiger partial charge is 0.467 e. The molecule has 0 unspecified atom stereocenters. The molecule has 0 spiro atoms. The number of anilines is 2. The van der Waals surface area contributed by atoms with E-state index in [1.54, 1.807) is 26.1 Å². The van der Waals surface area contributed by atoms with Crippen LogP contribution in [0.3, 0.4) is 0 Å². The molecule has 0 saturated carbocycles. The van der Waals surface area contributed by atoms with Gasteiger partial charge in [-0.15, -0.1) is 11.3 Å². The Morgan fingerprint density at radius 2 is 2.11 bits per heavy atom. The number of thiazole rings is 1. The first-order valence-electron chi connectivity index (χ1n) is 8.52. The molecule has 3 rings (SSSR count). The number of nitrogens with two attached hydrogens (primary N) is 1. The van der Waals surface area contributed by atoms with Crippen molar-refractivity contribution in [3.05, 3.63) is 47.2 Å². The van der Waals surface area contributed by atoms with E-state index in [4.69, 9.17) is 10.5 Å². The van der Waals surface area contributed by atoms with Crippen LogP contribution >= 0.6 is 11.3 Å². The molecule has 0 atom stereocenters.